The van der Waals surface area contributed by atoms with E-state index in [0.29, 0.717) is 10.7 Å². The topological polar surface area (TPSA) is 56.2 Å². The predicted octanol–water partition coefficient (Wildman–Crippen LogP) is 3.26. The minimum absolute atomic E-state index is 0.673. The largest absolute Gasteiger partial charge is 0.399 e. The minimum atomic E-state index is 0.673. The first-order valence-corrected chi connectivity index (χ1v) is 7.07. The standard InChI is InChI=1S/C13H11ClN4S/c14-11-7-10(15)5-4-9(11)8-19-13-17-16-12-3-1-2-6-18(12)13/h1-7H,8,15H2. The number of nitrogens with zero attached hydrogens (tertiary/aromatic N) is 3. The lowest BCUT2D eigenvalue weighted by molar-refractivity contribution is 0.921. The van der Waals surface area contributed by atoms with Gasteiger partial charge in [-0.05, 0) is 29.8 Å². The molecule has 1 aromatic carbocycles. The van der Waals surface area contributed by atoms with Crippen LogP contribution in [0.25, 0.3) is 5.65 Å². The van der Waals surface area contributed by atoms with Crippen LogP contribution in [0.4, 0.5) is 5.69 Å². The summed E-state index contributed by atoms with van der Waals surface area (Å²) in [6, 6.07) is 11.4. The maximum Gasteiger partial charge on any atom is 0.195 e. The third-order valence-corrected chi connectivity index (χ3v) is 4.06. The summed E-state index contributed by atoms with van der Waals surface area (Å²) >= 11 is 7.75. The summed E-state index contributed by atoms with van der Waals surface area (Å²) in [7, 11) is 0. The average Bonchev–Trinajstić information content (AvgIpc) is 2.81. The van der Waals surface area contributed by atoms with Gasteiger partial charge < -0.3 is 5.73 Å². The molecule has 0 fully saturated rings. The first kappa shape index (κ1) is 12.3. The molecule has 2 aromatic heterocycles. The van der Waals surface area contributed by atoms with Gasteiger partial charge in [-0.1, -0.05) is 35.5 Å². The summed E-state index contributed by atoms with van der Waals surface area (Å²) in [4.78, 5) is 0. The number of pyridine rings is 1. The zero-order valence-corrected chi connectivity index (χ0v) is 11.5. The van der Waals surface area contributed by atoms with Crippen LogP contribution in [0.15, 0.2) is 47.8 Å². The van der Waals surface area contributed by atoms with Gasteiger partial charge in [-0.15, -0.1) is 10.2 Å². The summed E-state index contributed by atoms with van der Waals surface area (Å²) < 4.78 is 1.95. The molecule has 0 saturated heterocycles. The molecule has 2 N–H and O–H groups in total. The Morgan fingerprint density at radius 2 is 2.11 bits per heavy atom. The number of fused-ring (bicyclic) bond motifs is 1. The molecular weight excluding hydrogens is 280 g/mol. The third kappa shape index (κ3) is 2.52. The van der Waals surface area contributed by atoms with Crippen molar-refractivity contribution >= 4 is 34.7 Å². The maximum atomic E-state index is 6.15. The van der Waals surface area contributed by atoms with Crippen LogP contribution >= 0.6 is 23.4 Å². The lowest BCUT2D eigenvalue weighted by atomic mass is 10.2. The minimum Gasteiger partial charge on any atom is -0.399 e. The van der Waals surface area contributed by atoms with Crippen LogP contribution in [0, 0.1) is 0 Å². The van der Waals surface area contributed by atoms with E-state index in [2.05, 4.69) is 10.2 Å². The van der Waals surface area contributed by atoms with Crippen molar-refractivity contribution in [1.82, 2.24) is 14.6 Å². The van der Waals surface area contributed by atoms with Gasteiger partial charge in [0.05, 0.1) is 0 Å². The molecule has 0 aliphatic rings. The zero-order valence-electron chi connectivity index (χ0n) is 9.95. The number of nitrogens with two attached hydrogens (primary N) is 1. The van der Waals surface area contributed by atoms with Crippen molar-refractivity contribution in [1.29, 1.82) is 0 Å². The van der Waals surface area contributed by atoms with E-state index in [-0.39, 0.29) is 0 Å². The van der Waals surface area contributed by atoms with Crippen LogP contribution in [0.2, 0.25) is 5.02 Å². The normalized spacial score (nSPS) is 11.0. The number of aromatic nitrogens is 3. The van der Waals surface area contributed by atoms with E-state index in [0.717, 1.165) is 22.1 Å². The van der Waals surface area contributed by atoms with Crippen molar-refractivity contribution < 1.29 is 0 Å². The fourth-order valence-electron chi connectivity index (χ4n) is 1.74. The van der Waals surface area contributed by atoms with Crippen LogP contribution in [-0.4, -0.2) is 14.6 Å². The van der Waals surface area contributed by atoms with E-state index < -0.39 is 0 Å². The lowest BCUT2D eigenvalue weighted by Crippen LogP contribution is -1.90. The van der Waals surface area contributed by atoms with Gasteiger partial charge in [-0.25, -0.2) is 0 Å². The Bertz CT molecular complexity index is 725. The van der Waals surface area contributed by atoms with E-state index in [4.69, 9.17) is 17.3 Å². The fourth-order valence-corrected chi connectivity index (χ4v) is 3.00. The first-order chi connectivity index (χ1) is 9.24. The molecule has 4 nitrogen and oxygen atoms in total. The van der Waals surface area contributed by atoms with Crippen LogP contribution in [-0.2, 0) is 5.75 Å². The Morgan fingerprint density at radius 1 is 1.21 bits per heavy atom. The van der Waals surface area contributed by atoms with Gasteiger partial charge in [0.15, 0.2) is 10.8 Å². The monoisotopic (exact) mass is 290 g/mol. The zero-order chi connectivity index (χ0) is 13.2. The highest BCUT2D eigenvalue weighted by Gasteiger charge is 2.07. The molecule has 0 unspecified atom stereocenters. The summed E-state index contributed by atoms with van der Waals surface area (Å²) in [5.74, 6) is 0.731. The number of thioether (sulfide) groups is 1. The lowest BCUT2D eigenvalue weighted by Gasteiger charge is -2.04. The second-order valence-corrected chi connectivity index (χ2v) is 5.40. The Kier molecular flexibility index (Phi) is 3.31. The van der Waals surface area contributed by atoms with Crippen LogP contribution < -0.4 is 5.73 Å². The smallest absolute Gasteiger partial charge is 0.195 e. The quantitative estimate of drug-likeness (QED) is 0.594. The van der Waals surface area contributed by atoms with E-state index in [1.807, 2.05) is 40.9 Å². The van der Waals surface area contributed by atoms with Crippen molar-refractivity contribution in [3.63, 3.8) is 0 Å². The Labute approximate surface area is 119 Å². The van der Waals surface area contributed by atoms with Crippen LogP contribution in [0.5, 0.6) is 0 Å². The number of nitrogen functional groups attached to an aromatic ring is 1. The summed E-state index contributed by atoms with van der Waals surface area (Å²) in [6.07, 6.45) is 1.95. The summed E-state index contributed by atoms with van der Waals surface area (Å²) in [5, 5.41) is 9.80. The number of benzene rings is 1. The number of rotatable bonds is 3. The molecule has 19 heavy (non-hydrogen) atoms. The highest BCUT2D eigenvalue weighted by Crippen LogP contribution is 2.27. The molecule has 3 rings (SSSR count). The van der Waals surface area contributed by atoms with E-state index >= 15 is 0 Å². The Morgan fingerprint density at radius 3 is 2.95 bits per heavy atom. The molecule has 0 amide bonds. The van der Waals surface area contributed by atoms with E-state index in [1.54, 1.807) is 17.8 Å². The van der Waals surface area contributed by atoms with Crippen molar-refractivity contribution in [2.24, 2.45) is 0 Å². The Hall–Kier alpha value is -1.72. The third-order valence-electron chi connectivity index (χ3n) is 2.72. The van der Waals surface area contributed by atoms with Crippen molar-refractivity contribution in [2.45, 2.75) is 10.9 Å². The maximum absolute atomic E-state index is 6.15. The van der Waals surface area contributed by atoms with Gasteiger partial charge in [-0.2, -0.15) is 0 Å². The number of anilines is 1. The van der Waals surface area contributed by atoms with Crippen molar-refractivity contribution in [3.8, 4) is 0 Å². The molecule has 0 aliphatic carbocycles. The molecule has 0 saturated carbocycles. The number of hydrogen-bond acceptors (Lipinski definition) is 4. The second kappa shape index (κ2) is 5.11. The molecule has 0 spiro atoms. The SMILES string of the molecule is Nc1ccc(CSc2nnc3ccccn23)c(Cl)c1. The summed E-state index contributed by atoms with van der Waals surface area (Å²) in [6.45, 7) is 0. The molecule has 96 valence electrons. The molecule has 0 aliphatic heterocycles. The van der Waals surface area contributed by atoms with E-state index in [1.165, 1.54) is 0 Å². The predicted molar refractivity (Wildman–Crippen MR) is 78.4 cm³/mol. The molecule has 0 radical (unpaired) electrons. The van der Waals surface area contributed by atoms with Gasteiger partial charge in [0.25, 0.3) is 0 Å². The van der Waals surface area contributed by atoms with Gasteiger partial charge in [0, 0.05) is 22.7 Å². The van der Waals surface area contributed by atoms with Crippen molar-refractivity contribution in [3.05, 3.63) is 53.2 Å². The van der Waals surface area contributed by atoms with E-state index in [9.17, 15) is 0 Å². The summed E-state index contributed by atoms with van der Waals surface area (Å²) in [5.41, 5.74) is 8.22. The van der Waals surface area contributed by atoms with Gasteiger partial charge >= 0.3 is 0 Å². The van der Waals surface area contributed by atoms with Crippen LogP contribution in [0.3, 0.4) is 0 Å². The molecule has 3 aromatic rings. The van der Waals surface area contributed by atoms with Crippen LogP contribution in [0.1, 0.15) is 5.56 Å². The average molecular weight is 291 g/mol. The number of halogens is 1. The molecule has 6 heteroatoms. The molecule has 0 bridgehead atoms. The fraction of sp³-hybridized carbons (Fsp3) is 0.0769. The highest BCUT2D eigenvalue weighted by molar-refractivity contribution is 7.98. The number of hydrogen-bond donors (Lipinski definition) is 1. The molecule has 2 heterocycles. The molecule has 0 atom stereocenters. The van der Waals surface area contributed by atoms with Gasteiger partial charge in [-0.3, -0.25) is 4.40 Å². The van der Waals surface area contributed by atoms with Crippen molar-refractivity contribution in [2.75, 3.05) is 5.73 Å². The first-order valence-electron chi connectivity index (χ1n) is 5.70. The van der Waals surface area contributed by atoms with Gasteiger partial charge in [0.1, 0.15) is 0 Å². The highest BCUT2D eigenvalue weighted by atomic mass is 35.5. The Balaban J connectivity index is 1.82. The molecular formula is C13H11ClN4S. The van der Waals surface area contributed by atoms with Gasteiger partial charge in [0.2, 0.25) is 0 Å². The second-order valence-electron chi connectivity index (χ2n) is 4.05.